The van der Waals surface area contributed by atoms with Crippen molar-refractivity contribution >= 4 is 38.9 Å². The minimum Gasteiger partial charge on any atom is -0.344 e. The van der Waals surface area contributed by atoms with Gasteiger partial charge < -0.3 is 5.32 Å². The van der Waals surface area contributed by atoms with E-state index in [1.165, 1.54) is 42.6 Å². The first kappa shape index (κ1) is 22.0. The quantitative estimate of drug-likeness (QED) is 0.581. The molecule has 1 amide bonds. The summed E-state index contributed by atoms with van der Waals surface area (Å²) in [7, 11) is -2.53. The first-order chi connectivity index (χ1) is 14.3. The highest BCUT2D eigenvalue weighted by atomic mass is 35.5. The number of hydrogen-bond donors (Lipinski definition) is 1. The number of carbonyl (C=O) groups is 1. The van der Waals surface area contributed by atoms with Gasteiger partial charge in [0.05, 0.1) is 29.1 Å². The number of halogens is 1. The Morgan fingerprint density at radius 1 is 1.13 bits per heavy atom. The lowest BCUT2D eigenvalue weighted by molar-refractivity contribution is -0.121. The highest BCUT2D eigenvalue weighted by molar-refractivity contribution is 7.89. The predicted molar refractivity (Wildman–Crippen MR) is 117 cm³/mol. The molecule has 0 spiro atoms. The Labute approximate surface area is 184 Å². The van der Waals surface area contributed by atoms with Crippen LogP contribution in [0.15, 0.2) is 70.3 Å². The molecule has 0 saturated heterocycles. The van der Waals surface area contributed by atoms with Crippen LogP contribution in [-0.4, -0.2) is 32.2 Å². The predicted octanol–water partition coefficient (Wildman–Crippen LogP) is 3.80. The highest BCUT2D eigenvalue weighted by Crippen LogP contribution is 2.25. The van der Waals surface area contributed by atoms with E-state index in [-0.39, 0.29) is 11.4 Å². The molecular formula is C21H18ClN3O3S2. The van der Waals surface area contributed by atoms with Gasteiger partial charge in [-0.25, -0.2) is 8.42 Å². The molecule has 0 aliphatic rings. The molecule has 0 fully saturated rings. The summed E-state index contributed by atoms with van der Waals surface area (Å²) in [5.41, 5.74) is 2.09. The van der Waals surface area contributed by atoms with E-state index in [4.69, 9.17) is 16.9 Å². The van der Waals surface area contributed by atoms with E-state index in [1.54, 1.807) is 12.1 Å². The second-order valence-corrected chi connectivity index (χ2v) is 9.77. The molecule has 0 aliphatic heterocycles. The second-order valence-electron chi connectivity index (χ2n) is 6.51. The summed E-state index contributed by atoms with van der Waals surface area (Å²) in [6, 6.07) is 16.1. The molecule has 3 rings (SSSR count). The molecule has 1 atom stereocenters. The van der Waals surface area contributed by atoms with Gasteiger partial charge in [-0.15, -0.1) is 0 Å². The summed E-state index contributed by atoms with van der Waals surface area (Å²) >= 11 is 7.47. The van der Waals surface area contributed by atoms with E-state index in [0.717, 1.165) is 15.4 Å². The van der Waals surface area contributed by atoms with Crippen molar-refractivity contribution in [1.82, 2.24) is 9.62 Å². The van der Waals surface area contributed by atoms with Gasteiger partial charge in [0.1, 0.15) is 0 Å². The van der Waals surface area contributed by atoms with Gasteiger partial charge >= 0.3 is 0 Å². The average Bonchev–Trinajstić information content (AvgIpc) is 3.27. The van der Waals surface area contributed by atoms with Crippen LogP contribution in [0.4, 0.5) is 0 Å². The van der Waals surface area contributed by atoms with Crippen molar-refractivity contribution in [3.63, 3.8) is 0 Å². The van der Waals surface area contributed by atoms with Crippen molar-refractivity contribution in [3.05, 3.63) is 87.1 Å². The maximum atomic E-state index is 12.7. The summed E-state index contributed by atoms with van der Waals surface area (Å²) in [5.74, 6) is -0.444. The molecule has 3 aromatic rings. The molecule has 0 saturated carbocycles. The topological polar surface area (TPSA) is 90.3 Å². The zero-order valence-corrected chi connectivity index (χ0v) is 18.3. The van der Waals surface area contributed by atoms with E-state index >= 15 is 0 Å². The third-order valence-corrected chi connectivity index (χ3v) is 7.21. The van der Waals surface area contributed by atoms with Crippen molar-refractivity contribution in [2.45, 2.75) is 10.9 Å². The Balaban J connectivity index is 1.76. The molecule has 0 bridgehead atoms. The Bertz CT molecular complexity index is 1150. The number of nitriles is 1. The minimum absolute atomic E-state index is 0.0175. The molecule has 2 aromatic carbocycles. The molecule has 0 aliphatic carbocycles. The summed E-state index contributed by atoms with van der Waals surface area (Å²) in [6.07, 6.45) is 0. The van der Waals surface area contributed by atoms with Gasteiger partial charge in [0.25, 0.3) is 0 Å². The highest BCUT2D eigenvalue weighted by Gasteiger charge is 2.25. The van der Waals surface area contributed by atoms with Gasteiger partial charge in [-0.05, 0) is 64.4 Å². The van der Waals surface area contributed by atoms with Crippen molar-refractivity contribution < 1.29 is 13.2 Å². The van der Waals surface area contributed by atoms with Gasteiger partial charge in [-0.2, -0.15) is 20.9 Å². The standard InChI is InChI=1S/C21H18ClN3O3S2/c1-25(30(27,28)19-8-2-15(12-23)3-9-19)13-20(26)24-21(17-10-11-29-14-17)16-4-6-18(22)7-5-16/h2-11,14,21H,13H2,1H3,(H,24,26). The van der Waals surface area contributed by atoms with Crippen LogP contribution < -0.4 is 5.32 Å². The van der Waals surface area contributed by atoms with E-state index < -0.39 is 22.0 Å². The summed E-state index contributed by atoms with van der Waals surface area (Å²) in [5, 5.41) is 16.2. The molecule has 6 nitrogen and oxygen atoms in total. The lowest BCUT2D eigenvalue weighted by Gasteiger charge is -2.21. The Morgan fingerprint density at radius 3 is 2.37 bits per heavy atom. The van der Waals surface area contributed by atoms with Crippen LogP contribution in [0.1, 0.15) is 22.7 Å². The third-order valence-electron chi connectivity index (χ3n) is 4.44. The fourth-order valence-electron chi connectivity index (χ4n) is 2.83. The third kappa shape index (κ3) is 5.07. The van der Waals surface area contributed by atoms with Crippen molar-refractivity contribution in [2.24, 2.45) is 0 Å². The molecule has 1 N–H and O–H groups in total. The number of carbonyl (C=O) groups excluding carboxylic acids is 1. The normalized spacial score (nSPS) is 12.3. The Kier molecular flexibility index (Phi) is 6.90. The maximum Gasteiger partial charge on any atom is 0.243 e. The van der Waals surface area contributed by atoms with E-state index in [0.29, 0.717) is 10.6 Å². The molecule has 0 radical (unpaired) electrons. The van der Waals surface area contributed by atoms with Crippen LogP contribution in [0.3, 0.4) is 0 Å². The van der Waals surface area contributed by atoms with E-state index in [1.807, 2.05) is 35.0 Å². The first-order valence-electron chi connectivity index (χ1n) is 8.84. The minimum atomic E-state index is -3.87. The fourth-order valence-corrected chi connectivity index (χ4v) is 4.77. The number of amides is 1. The summed E-state index contributed by atoms with van der Waals surface area (Å²) < 4.78 is 26.5. The lowest BCUT2D eigenvalue weighted by atomic mass is 10.0. The lowest BCUT2D eigenvalue weighted by Crippen LogP contribution is -2.40. The summed E-state index contributed by atoms with van der Waals surface area (Å²) in [6.45, 7) is -0.351. The Hall–Kier alpha value is -2.70. The van der Waals surface area contributed by atoms with Gasteiger partial charge in [0.2, 0.25) is 15.9 Å². The Morgan fingerprint density at radius 2 is 1.80 bits per heavy atom. The number of rotatable bonds is 7. The molecule has 154 valence electrons. The zero-order valence-electron chi connectivity index (χ0n) is 15.9. The van der Waals surface area contributed by atoms with Gasteiger partial charge in [-0.1, -0.05) is 23.7 Å². The zero-order chi connectivity index (χ0) is 21.7. The number of benzene rings is 2. The number of sulfonamides is 1. The second kappa shape index (κ2) is 9.41. The monoisotopic (exact) mass is 459 g/mol. The van der Waals surface area contributed by atoms with Crippen LogP contribution in [0.5, 0.6) is 0 Å². The molecule has 1 aromatic heterocycles. The fraction of sp³-hybridized carbons (Fsp3) is 0.143. The van der Waals surface area contributed by atoms with E-state index in [2.05, 4.69) is 5.32 Å². The van der Waals surface area contributed by atoms with Gasteiger partial charge in [-0.3, -0.25) is 4.79 Å². The molecule has 1 unspecified atom stereocenters. The number of thiophene rings is 1. The number of hydrogen-bond acceptors (Lipinski definition) is 5. The van der Waals surface area contributed by atoms with Crippen molar-refractivity contribution in [2.75, 3.05) is 13.6 Å². The summed E-state index contributed by atoms with van der Waals surface area (Å²) in [4.78, 5) is 12.7. The number of likely N-dealkylation sites (N-methyl/N-ethyl adjacent to an activating group) is 1. The molecule has 1 heterocycles. The van der Waals surface area contributed by atoms with Crippen LogP contribution in [0.2, 0.25) is 5.02 Å². The van der Waals surface area contributed by atoms with Crippen molar-refractivity contribution in [1.29, 1.82) is 5.26 Å². The maximum absolute atomic E-state index is 12.7. The molecule has 9 heteroatoms. The SMILES string of the molecule is CN(CC(=O)NC(c1ccc(Cl)cc1)c1ccsc1)S(=O)(=O)c1ccc(C#N)cc1. The largest absolute Gasteiger partial charge is 0.344 e. The first-order valence-corrected chi connectivity index (χ1v) is 11.6. The number of nitrogens with one attached hydrogen (secondary N) is 1. The molecular weight excluding hydrogens is 442 g/mol. The molecule has 30 heavy (non-hydrogen) atoms. The van der Waals surface area contributed by atoms with Crippen LogP contribution in [-0.2, 0) is 14.8 Å². The van der Waals surface area contributed by atoms with E-state index in [9.17, 15) is 13.2 Å². The average molecular weight is 460 g/mol. The smallest absolute Gasteiger partial charge is 0.243 e. The van der Waals surface area contributed by atoms with Crippen molar-refractivity contribution in [3.8, 4) is 6.07 Å². The van der Waals surface area contributed by atoms with Gasteiger partial charge in [0, 0.05) is 12.1 Å². The number of nitrogens with zero attached hydrogens (tertiary/aromatic N) is 2. The van der Waals surface area contributed by atoms with Crippen LogP contribution in [0.25, 0.3) is 0 Å². The van der Waals surface area contributed by atoms with Crippen LogP contribution in [0, 0.1) is 11.3 Å². The van der Waals surface area contributed by atoms with Crippen LogP contribution >= 0.6 is 22.9 Å². The van der Waals surface area contributed by atoms with Gasteiger partial charge in [0.15, 0.2) is 0 Å².